The third-order valence-electron chi connectivity index (χ3n) is 4.64. The second-order valence-corrected chi connectivity index (χ2v) is 9.26. The van der Waals surface area contributed by atoms with Crippen LogP contribution in [0.25, 0.3) is 5.65 Å². The number of halogens is 1. The highest BCUT2D eigenvalue weighted by Crippen LogP contribution is 2.19. The first-order chi connectivity index (χ1) is 15.7. The molecule has 0 atom stereocenters. The molecule has 0 radical (unpaired) electrons. The van der Waals surface area contributed by atoms with Gasteiger partial charge in [-0.2, -0.15) is 0 Å². The fraction of sp³-hybridized carbons (Fsp3) is 0.0455. The van der Waals surface area contributed by atoms with Gasteiger partial charge in [0.15, 0.2) is 0 Å². The highest BCUT2D eigenvalue weighted by molar-refractivity contribution is 7.92. The summed E-state index contributed by atoms with van der Waals surface area (Å²) in [4.78, 5) is 29.0. The average Bonchev–Trinajstić information content (AvgIpc) is 3.22. The first-order valence-electron chi connectivity index (χ1n) is 9.66. The molecule has 2 amide bonds. The Morgan fingerprint density at radius 2 is 1.70 bits per heavy atom. The van der Waals surface area contributed by atoms with Crippen molar-refractivity contribution in [2.75, 3.05) is 4.72 Å². The zero-order valence-electron chi connectivity index (χ0n) is 17.2. The predicted molar refractivity (Wildman–Crippen MR) is 124 cm³/mol. The Balaban J connectivity index is 1.44. The van der Waals surface area contributed by atoms with Crippen molar-refractivity contribution in [1.29, 1.82) is 0 Å². The number of aryl methyl sites for hydroxylation is 1. The fourth-order valence-corrected chi connectivity index (χ4v) is 4.21. The summed E-state index contributed by atoms with van der Waals surface area (Å²) in [7, 11) is -3.95. The number of fused-ring (bicyclic) bond motifs is 1. The number of hydrazine groups is 1. The molecule has 0 aliphatic heterocycles. The van der Waals surface area contributed by atoms with E-state index >= 15 is 0 Å². The summed E-state index contributed by atoms with van der Waals surface area (Å²) in [6.07, 6.45) is 3.31. The number of hydrogen-bond acceptors (Lipinski definition) is 5. The quantitative estimate of drug-likeness (QED) is 0.376. The SMILES string of the molecule is Cc1ccn2cc(C(=O)NNC(=O)c3cccc(S(=O)(=O)Nc4ccc(Cl)cc4)c3)nc2c1. The van der Waals surface area contributed by atoms with Crippen molar-refractivity contribution in [3.05, 3.63) is 94.9 Å². The molecule has 11 heteroatoms. The zero-order chi connectivity index (χ0) is 23.6. The third-order valence-corrected chi connectivity index (χ3v) is 6.27. The Labute approximate surface area is 194 Å². The number of imidazole rings is 1. The second kappa shape index (κ2) is 8.93. The van der Waals surface area contributed by atoms with E-state index in [9.17, 15) is 18.0 Å². The molecule has 2 aromatic carbocycles. The van der Waals surface area contributed by atoms with Gasteiger partial charge >= 0.3 is 0 Å². The maximum Gasteiger partial charge on any atom is 0.289 e. The molecule has 0 aliphatic rings. The van der Waals surface area contributed by atoms with E-state index in [2.05, 4.69) is 20.6 Å². The molecule has 0 saturated heterocycles. The van der Waals surface area contributed by atoms with E-state index in [0.29, 0.717) is 16.4 Å². The Kier molecular flexibility index (Phi) is 6.03. The lowest BCUT2D eigenvalue weighted by Crippen LogP contribution is -2.41. The summed E-state index contributed by atoms with van der Waals surface area (Å²) in [6.45, 7) is 1.91. The molecular formula is C22H18ClN5O4S. The zero-order valence-corrected chi connectivity index (χ0v) is 18.8. The standard InChI is InChI=1S/C22H18ClN5O4S/c1-14-9-10-28-13-19(24-20(28)11-14)22(30)26-25-21(29)15-3-2-4-18(12-15)33(31,32)27-17-7-5-16(23)6-8-17/h2-13,27H,1H3,(H,25,29)(H,26,30). The van der Waals surface area contributed by atoms with Gasteiger partial charge < -0.3 is 4.40 Å². The number of carbonyl (C=O) groups excluding carboxylic acids is 2. The number of aromatic nitrogens is 2. The molecule has 33 heavy (non-hydrogen) atoms. The first-order valence-corrected chi connectivity index (χ1v) is 11.5. The van der Waals surface area contributed by atoms with Crippen LogP contribution < -0.4 is 15.6 Å². The summed E-state index contributed by atoms with van der Waals surface area (Å²) in [6, 6.07) is 15.2. The molecule has 0 spiro atoms. The van der Waals surface area contributed by atoms with Crippen LogP contribution in [0.3, 0.4) is 0 Å². The van der Waals surface area contributed by atoms with Crippen LogP contribution in [0.15, 0.2) is 78.0 Å². The van der Waals surface area contributed by atoms with Crippen molar-refractivity contribution >= 4 is 44.8 Å². The van der Waals surface area contributed by atoms with Gasteiger partial charge in [-0.25, -0.2) is 13.4 Å². The van der Waals surface area contributed by atoms with Gasteiger partial charge in [-0.1, -0.05) is 17.7 Å². The Morgan fingerprint density at radius 3 is 2.45 bits per heavy atom. The van der Waals surface area contributed by atoms with E-state index in [1.807, 2.05) is 19.1 Å². The summed E-state index contributed by atoms with van der Waals surface area (Å²) in [5, 5.41) is 0.470. The molecule has 9 nitrogen and oxygen atoms in total. The molecule has 4 aromatic rings. The summed E-state index contributed by atoms with van der Waals surface area (Å²) < 4.78 is 29.4. The lowest BCUT2D eigenvalue weighted by atomic mass is 10.2. The molecule has 0 aliphatic carbocycles. The molecule has 2 aromatic heterocycles. The number of nitrogens with zero attached hydrogens (tertiary/aromatic N) is 2. The van der Waals surface area contributed by atoms with Crippen LogP contribution in [-0.4, -0.2) is 29.6 Å². The smallest absolute Gasteiger partial charge is 0.289 e. The molecule has 2 heterocycles. The van der Waals surface area contributed by atoms with Crippen LogP contribution in [0.2, 0.25) is 5.02 Å². The van der Waals surface area contributed by atoms with Crippen LogP contribution in [0.5, 0.6) is 0 Å². The van der Waals surface area contributed by atoms with Crippen LogP contribution in [-0.2, 0) is 10.0 Å². The van der Waals surface area contributed by atoms with Crippen molar-refractivity contribution in [2.45, 2.75) is 11.8 Å². The van der Waals surface area contributed by atoms with E-state index in [1.54, 1.807) is 22.7 Å². The number of benzene rings is 2. The van der Waals surface area contributed by atoms with Crippen molar-refractivity contribution in [3.63, 3.8) is 0 Å². The van der Waals surface area contributed by atoms with Gasteiger partial charge in [-0.05, 0) is 67.1 Å². The maximum atomic E-state index is 12.7. The largest absolute Gasteiger partial charge is 0.306 e. The minimum atomic E-state index is -3.95. The number of anilines is 1. The van der Waals surface area contributed by atoms with Gasteiger partial charge in [0.1, 0.15) is 11.3 Å². The van der Waals surface area contributed by atoms with Crippen LogP contribution in [0.1, 0.15) is 26.4 Å². The fourth-order valence-electron chi connectivity index (χ4n) is 2.98. The number of hydrogen-bond donors (Lipinski definition) is 3. The normalized spacial score (nSPS) is 11.2. The highest BCUT2D eigenvalue weighted by atomic mass is 35.5. The third kappa shape index (κ3) is 5.13. The Bertz CT molecular complexity index is 1470. The number of amides is 2. The lowest BCUT2D eigenvalue weighted by Gasteiger charge is -2.10. The molecule has 0 saturated carbocycles. The van der Waals surface area contributed by atoms with Gasteiger partial charge in [-0.15, -0.1) is 0 Å². The summed E-state index contributed by atoms with van der Waals surface area (Å²) in [5.74, 6) is -1.30. The molecular weight excluding hydrogens is 466 g/mol. The number of nitrogens with one attached hydrogen (secondary N) is 3. The number of pyridine rings is 1. The van der Waals surface area contributed by atoms with Gasteiger partial charge in [0.2, 0.25) is 0 Å². The minimum Gasteiger partial charge on any atom is -0.306 e. The van der Waals surface area contributed by atoms with E-state index in [0.717, 1.165) is 5.56 Å². The van der Waals surface area contributed by atoms with Gasteiger partial charge in [0, 0.05) is 28.7 Å². The summed E-state index contributed by atoms with van der Waals surface area (Å²) in [5.41, 5.74) is 6.62. The van der Waals surface area contributed by atoms with Crippen LogP contribution in [0.4, 0.5) is 5.69 Å². The lowest BCUT2D eigenvalue weighted by molar-refractivity contribution is 0.0844. The van der Waals surface area contributed by atoms with Crippen molar-refractivity contribution in [1.82, 2.24) is 20.2 Å². The van der Waals surface area contributed by atoms with E-state index < -0.39 is 21.8 Å². The van der Waals surface area contributed by atoms with E-state index in [1.165, 1.54) is 42.6 Å². The van der Waals surface area contributed by atoms with Crippen molar-refractivity contribution in [2.24, 2.45) is 0 Å². The number of sulfonamides is 1. The molecule has 0 bridgehead atoms. The molecule has 0 unspecified atom stereocenters. The summed E-state index contributed by atoms with van der Waals surface area (Å²) >= 11 is 5.82. The molecule has 3 N–H and O–H groups in total. The predicted octanol–water partition coefficient (Wildman–Crippen LogP) is 3.17. The Morgan fingerprint density at radius 1 is 0.970 bits per heavy atom. The van der Waals surface area contributed by atoms with Gasteiger partial charge in [0.05, 0.1) is 4.90 Å². The second-order valence-electron chi connectivity index (χ2n) is 7.14. The molecule has 0 fully saturated rings. The van der Waals surface area contributed by atoms with E-state index in [4.69, 9.17) is 11.6 Å². The number of carbonyl (C=O) groups is 2. The van der Waals surface area contributed by atoms with Gasteiger partial charge in [-0.3, -0.25) is 25.2 Å². The average molecular weight is 484 g/mol. The van der Waals surface area contributed by atoms with Crippen molar-refractivity contribution < 1.29 is 18.0 Å². The molecule has 4 rings (SSSR count). The van der Waals surface area contributed by atoms with Gasteiger partial charge in [0.25, 0.3) is 21.8 Å². The van der Waals surface area contributed by atoms with E-state index in [-0.39, 0.29) is 16.2 Å². The van der Waals surface area contributed by atoms with Crippen molar-refractivity contribution in [3.8, 4) is 0 Å². The monoisotopic (exact) mass is 483 g/mol. The first kappa shape index (κ1) is 22.3. The Hall–Kier alpha value is -3.89. The maximum absolute atomic E-state index is 12.7. The van der Waals surface area contributed by atoms with Crippen LogP contribution in [0, 0.1) is 6.92 Å². The molecule has 168 valence electrons. The highest BCUT2D eigenvalue weighted by Gasteiger charge is 2.18. The minimum absolute atomic E-state index is 0.0416. The number of rotatable bonds is 5. The topological polar surface area (TPSA) is 122 Å². The van der Waals surface area contributed by atoms with Crippen LogP contribution >= 0.6 is 11.6 Å².